The molecule has 4 heteroatoms. The maximum Gasteiger partial charge on any atom is 0.143 e. The molecule has 1 aromatic heterocycles. The zero-order chi connectivity index (χ0) is 14.1. The Labute approximate surface area is 125 Å². The highest BCUT2D eigenvalue weighted by molar-refractivity contribution is 9.10. The fourth-order valence-electron chi connectivity index (χ4n) is 2.34. The molecule has 2 heterocycles. The van der Waals surface area contributed by atoms with Gasteiger partial charge in [0.1, 0.15) is 5.78 Å². The summed E-state index contributed by atoms with van der Waals surface area (Å²) in [5, 5.41) is 0. The highest BCUT2D eigenvalue weighted by atomic mass is 79.9. The van der Waals surface area contributed by atoms with Gasteiger partial charge in [-0.3, -0.25) is 14.8 Å². The van der Waals surface area contributed by atoms with Gasteiger partial charge in [0, 0.05) is 29.2 Å². The fraction of sp³-hybridized carbons (Fsp3) is 0.188. The maximum atomic E-state index is 12.1. The van der Waals surface area contributed by atoms with Gasteiger partial charge in [0.05, 0.1) is 11.4 Å². The van der Waals surface area contributed by atoms with Gasteiger partial charge in [-0.05, 0) is 48.4 Å². The van der Waals surface area contributed by atoms with Gasteiger partial charge in [-0.2, -0.15) is 0 Å². The smallest absolute Gasteiger partial charge is 0.143 e. The fourth-order valence-corrected chi connectivity index (χ4v) is 2.75. The molecule has 100 valence electrons. The molecule has 1 aliphatic heterocycles. The van der Waals surface area contributed by atoms with E-state index in [9.17, 15) is 4.79 Å². The molecule has 3 rings (SSSR count). The molecular weight excluding hydrogens is 316 g/mol. The molecule has 1 aromatic carbocycles. The van der Waals surface area contributed by atoms with Crippen molar-refractivity contribution in [2.24, 2.45) is 4.99 Å². The number of fused-ring (bicyclic) bond motifs is 1. The van der Waals surface area contributed by atoms with E-state index >= 15 is 0 Å². The van der Waals surface area contributed by atoms with Gasteiger partial charge in [0.15, 0.2) is 0 Å². The second-order valence-corrected chi connectivity index (χ2v) is 5.83. The predicted octanol–water partition coefficient (Wildman–Crippen LogP) is 3.79. The van der Waals surface area contributed by atoms with Crippen LogP contribution < -0.4 is 0 Å². The lowest BCUT2D eigenvalue weighted by Gasteiger charge is -2.04. The first kappa shape index (κ1) is 13.2. The number of nitrogens with zero attached hydrogens (tertiary/aromatic N) is 2. The minimum atomic E-state index is 0.190. The van der Waals surface area contributed by atoms with Crippen molar-refractivity contribution in [2.75, 3.05) is 0 Å². The largest absolute Gasteiger partial charge is 0.299 e. The Hall–Kier alpha value is -1.81. The van der Waals surface area contributed by atoms with Crippen molar-refractivity contribution in [1.29, 1.82) is 0 Å². The summed E-state index contributed by atoms with van der Waals surface area (Å²) in [6, 6.07) is 9.75. The second kappa shape index (κ2) is 5.29. The first-order valence-electron chi connectivity index (χ1n) is 6.42. The number of aryl methyl sites for hydroxylation is 1. The molecule has 0 fully saturated rings. The molecule has 1 aliphatic rings. The van der Waals surface area contributed by atoms with Gasteiger partial charge in [-0.25, -0.2) is 0 Å². The number of pyridine rings is 1. The highest BCUT2D eigenvalue weighted by Gasteiger charge is 2.18. The number of carbonyl (C=O) groups is 1. The Balaban J connectivity index is 2.11. The number of aliphatic imine (C=N–C) groups is 1. The molecule has 0 saturated heterocycles. The Morgan fingerprint density at radius 2 is 2.00 bits per heavy atom. The summed E-state index contributed by atoms with van der Waals surface area (Å²) >= 11 is 3.44. The first-order valence-corrected chi connectivity index (χ1v) is 7.22. The van der Waals surface area contributed by atoms with Crippen LogP contribution in [0.1, 0.15) is 23.2 Å². The van der Waals surface area contributed by atoms with E-state index < -0.39 is 0 Å². The first-order chi connectivity index (χ1) is 9.61. The van der Waals surface area contributed by atoms with Crippen LogP contribution in [0.3, 0.4) is 0 Å². The summed E-state index contributed by atoms with van der Waals surface area (Å²) < 4.78 is 0.974. The minimum absolute atomic E-state index is 0.190. The van der Waals surface area contributed by atoms with Crippen LogP contribution in [-0.4, -0.2) is 16.5 Å². The number of rotatable bonds is 1. The summed E-state index contributed by atoms with van der Waals surface area (Å²) in [7, 11) is 0. The van der Waals surface area contributed by atoms with E-state index in [2.05, 4.69) is 25.9 Å². The van der Waals surface area contributed by atoms with Gasteiger partial charge < -0.3 is 0 Å². The van der Waals surface area contributed by atoms with Crippen molar-refractivity contribution in [3.63, 3.8) is 0 Å². The summed E-state index contributed by atoms with van der Waals surface area (Å²) in [5.41, 5.74) is 4.58. The Bertz CT molecular complexity index is 722. The average molecular weight is 329 g/mol. The molecule has 0 aliphatic carbocycles. The number of carbonyl (C=O) groups excluding carboxylic acids is 1. The van der Waals surface area contributed by atoms with Crippen LogP contribution in [0.2, 0.25) is 0 Å². The lowest BCUT2D eigenvalue weighted by molar-refractivity contribution is -0.117. The summed E-state index contributed by atoms with van der Waals surface area (Å²) in [6.45, 7) is 1.94. The highest BCUT2D eigenvalue weighted by Crippen LogP contribution is 2.28. The van der Waals surface area contributed by atoms with Crippen LogP contribution in [0, 0.1) is 6.92 Å². The molecule has 0 N–H and O–H groups in total. The number of benzene rings is 1. The van der Waals surface area contributed by atoms with Crippen LogP contribution in [0.15, 0.2) is 46.0 Å². The summed E-state index contributed by atoms with van der Waals surface area (Å²) in [5.74, 6) is 0.190. The van der Waals surface area contributed by atoms with E-state index in [0.717, 1.165) is 32.7 Å². The number of halogens is 1. The van der Waals surface area contributed by atoms with Crippen LogP contribution in [0.4, 0.5) is 5.69 Å². The van der Waals surface area contributed by atoms with Crippen molar-refractivity contribution in [3.8, 4) is 0 Å². The third kappa shape index (κ3) is 2.70. The van der Waals surface area contributed by atoms with Crippen molar-refractivity contribution < 1.29 is 4.79 Å². The molecule has 20 heavy (non-hydrogen) atoms. The normalized spacial score (nSPS) is 14.5. The standard InChI is InChI=1S/C16H13BrN2O/c1-10-6-11(4-5-18-10)16-9-14(20)8-12-7-13(17)2-3-15(12)19-16/h2-7H,8-9H2,1H3. The lowest BCUT2D eigenvalue weighted by atomic mass is 10.0. The van der Waals surface area contributed by atoms with Gasteiger partial charge in [0.25, 0.3) is 0 Å². The number of Topliss-reactive ketones (excluding diaryl/α,β-unsaturated/α-hetero) is 1. The zero-order valence-corrected chi connectivity index (χ0v) is 12.6. The van der Waals surface area contributed by atoms with E-state index in [1.54, 1.807) is 6.20 Å². The molecule has 0 radical (unpaired) electrons. The molecule has 0 spiro atoms. The van der Waals surface area contributed by atoms with E-state index in [1.165, 1.54) is 0 Å². The van der Waals surface area contributed by atoms with Crippen molar-refractivity contribution >= 4 is 33.1 Å². The second-order valence-electron chi connectivity index (χ2n) is 4.91. The lowest BCUT2D eigenvalue weighted by Crippen LogP contribution is -2.09. The minimum Gasteiger partial charge on any atom is -0.299 e. The number of aromatic nitrogens is 1. The SMILES string of the molecule is Cc1cc(C2=Nc3ccc(Br)cc3CC(=O)C2)ccn1. The van der Waals surface area contributed by atoms with Gasteiger partial charge in [-0.15, -0.1) is 0 Å². The third-order valence-electron chi connectivity index (χ3n) is 3.28. The Morgan fingerprint density at radius 1 is 1.15 bits per heavy atom. The van der Waals surface area contributed by atoms with Gasteiger partial charge >= 0.3 is 0 Å². The maximum absolute atomic E-state index is 12.1. The molecular formula is C16H13BrN2O. The summed E-state index contributed by atoms with van der Waals surface area (Å²) in [4.78, 5) is 21.0. The van der Waals surface area contributed by atoms with Crippen LogP contribution in [-0.2, 0) is 11.2 Å². The number of hydrogen-bond acceptors (Lipinski definition) is 3. The zero-order valence-electron chi connectivity index (χ0n) is 11.1. The number of ketones is 1. The van der Waals surface area contributed by atoms with Crippen LogP contribution in [0.5, 0.6) is 0 Å². The van der Waals surface area contributed by atoms with Crippen LogP contribution in [0.25, 0.3) is 0 Å². The molecule has 0 atom stereocenters. The van der Waals surface area contributed by atoms with Crippen molar-refractivity contribution in [2.45, 2.75) is 19.8 Å². The molecule has 0 unspecified atom stereocenters. The average Bonchev–Trinajstić information content (AvgIpc) is 2.56. The van der Waals surface area contributed by atoms with E-state index in [0.29, 0.717) is 12.8 Å². The van der Waals surface area contributed by atoms with Crippen LogP contribution >= 0.6 is 15.9 Å². The number of hydrogen-bond donors (Lipinski definition) is 0. The van der Waals surface area contributed by atoms with E-state index in [-0.39, 0.29) is 5.78 Å². The molecule has 2 aromatic rings. The molecule has 0 saturated carbocycles. The Kier molecular flexibility index (Phi) is 3.49. The van der Waals surface area contributed by atoms with E-state index in [1.807, 2.05) is 37.3 Å². The topological polar surface area (TPSA) is 42.3 Å². The summed E-state index contributed by atoms with van der Waals surface area (Å²) in [6.07, 6.45) is 2.56. The van der Waals surface area contributed by atoms with Crippen molar-refractivity contribution in [3.05, 3.63) is 57.8 Å². The quantitative estimate of drug-likeness (QED) is 0.799. The van der Waals surface area contributed by atoms with Gasteiger partial charge in [0.2, 0.25) is 0 Å². The molecule has 3 nitrogen and oxygen atoms in total. The molecule has 0 bridgehead atoms. The van der Waals surface area contributed by atoms with E-state index in [4.69, 9.17) is 0 Å². The molecule has 0 amide bonds. The van der Waals surface area contributed by atoms with Gasteiger partial charge in [-0.1, -0.05) is 15.9 Å². The third-order valence-corrected chi connectivity index (χ3v) is 3.77. The predicted molar refractivity (Wildman–Crippen MR) is 82.6 cm³/mol. The Morgan fingerprint density at radius 3 is 2.80 bits per heavy atom. The monoisotopic (exact) mass is 328 g/mol. The van der Waals surface area contributed by atoms with Crippen molar-refractivity contribution in [1.82, 2.24) is 4.98 Å².